The van der Waals surface area contributed by atoms with Crippen LogP contribution in [0.2, 0.25) is 0 Å². The van der Waals surface area contributed by atoms with E-state index in [0.29, 0.717) is 12.2 Å². The summed E-state index contributed by atoms with van der Waals surface area (Å²) >= 11 is 0. The molecule has 2 N–H and O–H groups in total. The maximum absolute atomic E-state index is 5.40. The molecular formula is C23H25N7O. The topological polar surface area (TPSA) is 91.8 Å². The molecule has 1 aromatic carbocycles. The van der Waals surface area contributed by atoms with Gasteiger partial charge in [0.05, 0.1) is 24.3 Å². The molecule has 0 saturated carbocycles. The van der Waals surface area contributed by atoms with Crippen molar-refractivity contribution in [3.63, 3.8) is 0 Å². The standard InChI is InChI=1S/C23H25N7O/c1-31-21-13-25-15-27-23(21)17-2-3-19-20(11-17)29-22(28-19)12-18-10-16(4-5-26-18)14-30-8-6-24-7-9-30/h2-5,10-11,13,15,24H,6-9,12,14H2,1H3,(H,28,29). The second-order valence-corrected chi connectivity index (χ2v) is 7.71. The van der Waals surface area contributed by atoms with Gasteiger partial charge in [0.1, 0.15) is 17.8 Å². The fraction of sp³-hybridized carbons (Fsp3) is 0.304. The number of imidazole rings is 1. The van der Waals surface area contributed by atoms with Crippen LogP contribution in [-0.4, -0.2) is 63.1 Å². The zero-order chi connectivity index (χ0) is 21.0. The van der Waals surface area contributed by atoms with Gasteiger partial charge in [-0.05, 0) is 29.8 Å². The van der Waals surface area contributed by atoms with Crippen molar-refractivity contribution < 1.29 is 4.74 Å². The molecule has 0 amide bonds. The quantitative estimate of drug-likeness (QED) is 0.500. The molecular weight excluding hydrogens is 390 g/mol. The van der Waals surface area contributed by atoms with E-state index in [1.54, 1.807) is 13.3 Å². The van der Waals surface area contributed by atoms with Gasteiger partial charge >= 0.3 is 0 Å². The molecule has 0 aliphatic carbocycles. The molecule has 0 unspecified atom stereocenters. The number of ether oxygens (including phenoxy) is 1. The first-order valence-electron chi connectivity index (χ1n) is 10.5. The Morgan fingerprint density at radius 2 is 2.00 bits per heavy atom. The van der Waals surface area contributed by atoms with Crippen molar-refractivity contribution in [2.24, 2.45) is 0 Å². The van der Waals surface area contributed by atoms with Crippen LogP contribution in [0.5, 0.6) is 5.75 Å². The predicted molar refractivity (Wildman–Crippen MR) is 119 cm³/mol. The number of hydrogen-bond donors (Lipinski definition) is 2. The molecule has 0 atom stereocenters. The van der Waals surface area contributed by atoms with Crippen molar-refractivity contribution in [2.75, 3.05) is 33.3 Å². The van der Waals surface area contributed by atoms with Crippen molar-refractivity contribution in [3.05, 3.63) is 66.1 Å². The molecule has 3 aromatic heterocycles. The summed E-state index contributed by atoms with van der Waals surface area (Å²) < 4.78 is 5.40. The predicted octanol–water partition coefficient (Wildman–Crippen LogP) is 2.42. The molecule has 8 nitrogen and oxygen atoms in total. The molecule has 158 valence electrons. The number of H-pyrrole nitrogens is 1. The van der Waals surface area contributed by atoms with Gasteiger partial charge in [-0.2, -0.15) is 0 Å². The van der Waals surface area contributed by atoms with E-state index < -0.39 is 0 Å². The van der Waals surface area contributed by atoms with Gasteiger partial charge in [0.2, 0.25) is 0 Å². The van der Waals surface area contributed by atoms with Gasteiger partial charge in [-0.1, -0.05) is 6.07 Å². The van der Waals surface area contributed by atoms with Gasteiger partial charge in [-0.15, -0.1) is 0 Å². The third-order valence-electron chi connectivity index (χ3n) is 5.55. The van der Waals surface area contributed by atoms with Gasteiger partial charge in [0.25, 0.3) is 0 Å². The molecule has 1 aliphatic rings. The molecule has 0 spiro atoms. The molecule has 1 saturated heterocycles. The van der Waals surface area contributed by atoms with Crippen molar-refractivity contribution in [2.45, 2.75) is 13.0 Å². The minimum Gasteiger partial charge on any atom is -0.493 e. The number of methoxy groups -OCH3 is 1. The summed E-state index contributed by atoms with van der Waals surface area (Å²) in [5.74, 6) is 1.54. The van der Waals surface area contributed by atoms with Crippen LogP contribution < -0.4 is 10.1 Å². The first-order chi connectivity index (χ1) is 15.3. The van der Waals surface area contributed by atoms with E-state index >= 15 is 0 Å². The van der Waals surface area contributed by atoms with E-state index in [4.69, 9.17) is 9.72 Å². The molecule has 1 fully saturated rings. The zero-order valence-corrected chi connectivity index (χ0v) is 17.5. The first-order valence-corrected chi connectivity index (χ1v) is 10.5. The summed E-state index contributed by atoms with van der Waals surface area (Å²) in [5.41, 5.74) is 5.91. The molecule has 8 heteroatoms. The Morgan fingerprint density at radius 1 is 1.10 bits per heavy atom. The van der Waals surface area contributed by atoms with Crippen LogP contribution in [0.4, 0.5) is 0 Å². The number of piperazine rings is 1. The fourth-order valence-electron chi connectivity index (χ4n) is 4.00. The highest BCUT2D eigenvalue weighted by atomic mass is 16.5. The summed E-state index contributed by atoms with van der Waals surface area (Å²) in [6.07, 6.45) is 5.76. The maximum atomic E-state index is 5.40. The molecule has 0 radical (unpaired) electrons. The number of nitrogens with zero attached hydrogens (tertiary/aromatic N) is 5. The van der Waals surface area contributed by atoms with E-state index in [1.807, 2.05) is 24.4 Å². The van der Waals surface area contributed by atoms with Crippen LogP contribution in [0.3, 0.4) is 0 Å². The van der Waals surface area contributed by atoms with Crippen LogP contribution >= 0.6 is 0 Å². The minimum atomic E-state index is 0.645. The van der Waals surface area contributed by atoms with E-state index in [9.17, 15) is 0 Å². The molecule has 4 aromatic rings. The second kappa shape index (κ2) is 8.79. The summed E-state index contributed by atoms with van der Waals surface area (Å²) in [6, 6.07) is 10.3. The Morgan fingerprint density at radius 3 is 2.87 bits per heavy atom. The lowest BCUT2D eigenvalue weighted by molar-refractivity contribution is 0.233. The number of benzene rings is 1. The van der Waals surface area contributed by atoms with Crippen LogP contribution in [0, 0.1) is 0 Å². The largest absolute Gasteiger partial charge is 0.493 e. The highest BCUT2D eigenvalue weighted by Gasteiger charge is 2.12. The lowest BCUT2D eigenvalue weighted by atomic mass is 10.1. The third-order valence-corrected chi connectivity index (χ3v) is 5.55. The fourth-order valence-corrected chi connectivity index (χ4v) is 4.00. The van der Waals surface area contributed by atoms with Gasteiger partial charge < -0.3 is 15.0 Å². The Kier molecular flexibility index (Phi) is 5.56. The van der Waals surface area contributed by atoms with Crippen LogP contribution in [0.1, 0.15) is 17.1 Å². The molecule has 4 heterocycles. The Hall–Kier alpha value is -3.36. The number of rotatable bonds is 6. The molecule has 1 aliphatic heterocycles. The average Bonchev–Trinajstić information content (AvgIpc) is 3.21. The lowest BCUT2D eigenvalue weighted by Gasteiger charge is -2.27. The SMILES string of the molecule is COc1cncnc1-c1ccc2nc(Cc3cc(CN4CCNCC4)ccn3)[nH]c2c1. The second-order valence-electron chi connectivity index (χ2n) is 7.71. The first kappa shape index (κ1) is 19.6. The zero-order valence-electron chi connectivity index (χ0n) is 17.5. The number of aromatic nitrogens is 5. The Balaban J connectivity index is 1.36. The molecule has 31 heavy (non-hydrogen) atoms. The van der Waals surface area contributed by atoms with Gasteiger partial charge in [0, 0.05) is 56.6 Å². The summed E-state index contributed by atoms with van der Waals surface area (Å²) in [7, 11) is 1.62. The van der Waals surface area contributed by atoms with Crippen molar-refractivity contribution in [3.8, 4) is 17.0 Å². The molecule has 5 rings (SSSR count). The normalized spacial score (nSPS) is 14.7. The Labute approximate surface area is 180 Å². The highest BCUT2D eigenvalue weighted by molar-refractivity contribution is 5.82. The lowest BCUT2D eigenvalue weighted by Crippen LogP contribution is -2.42. The van der Waals surface area contributed by atoms with E-state index in [2.05, 4.69) is 42.3 Å². The van der Waals surface area contributed by atoms with Crippen molar-refractivity contribution in [1.29, 1.82) is 0 Å². The third kappa shape index (κ3) is 4.40. The monoisotopic (exact) mass is 415 g/mol. The van der Waals surface area contributed by atoms with Crippen LogP contribution in [-0.2, 0) is 13.0 Å². The molecule has 0 bridgehead atoms. The minimum absolute atomic E-state index is 0.645. The average molecular weight is 416 g/mol. The number of nitrogens with one attached hydrogen (secondary N) is 2. The highest BCUT2D eigenvalue weighted by Crippen LogP contribution is 2.28. The van der Waals surface area contributed by atoms with Gasteiger partial charge in [0.15, 0.2) is 5.75 Å². The van der Waals surface area contributed by atoms with Crippen LogP contribution in [0.15, 0.2) is 49.1 Å². The van der Waals surface area contributed by atoms with E-state index in [-0.39, 0.29) is 0 Å². The number of pyridine rings is 1. The van der Waals surface area contributed by atoms with E-state index in [0.717, 1.165) is 66.5 Å². The maximum Gasteiger partial charge on any atom is 0.163 e. The van der Waals surface area contributed by atoms with Crippen LogP contribution in [0.25, 0.3) is 22.3 Å². The number of aromatic amines is 1. The summed E-state index contributed by atoms with van der Waals surface area (Å²) in [4.78, 5) is 23.6. The Bertz CT molecular complexity index is 1180. The number of hydrogen-bond acceptors (Lipinski definition) is 7. The van der Waals surface area contributed by atoms with Gasteiger partial charge in [-0.3, -0.25) is 9.88 Å². The number of fused-ring (bicyclic) bond motifs is 1. The van der Waals surface area contributed by atoms with E-state index in [1.165, 1.54) is 11.9 Å². The van der Waals surface area contributed by atoms with Crippen molar-refractivity contribution in [1.82, 2.24) is 35.1 Å². The summed E-state index contributed by atoms with van der Waals surface area (Å²) in [6.45, 7) is 5.24. The smallest absolute Gasteiger partial charge is 0.163 e. The summed E-state index contributed by atoms with van der Waals surface area (Å²) in [5, 5.41) is 3.40. The van der Waals surface area contributed by atoms with Gasteiger partial charge in [-0.25, -0.2) is 15.0 Å². The van der Waals surface area contributed by atoms with Crippen molar-refractivity contribution >= 4 is 11.0 Å².